The van der Waals surface area contributed by atoms with Crippen molar-refractivity contribution < 1.29 is 19.4 Å². The highest BCUT2D eigenvalue weighted by Gasteiger charge is 2.30. The van der Waals surface area contributed by atoms with Crippen molar-refractivity contribution in [1.82, 2.24) is 15.2 Å². The standard InChI is InChI=1S/C19H23N3O4S2/c1-26-15-5-2-13(3-6-15)10-20-11-14-4-7-17(23)22(14)8-9-27-19-21-16(12-28-19)18(24)25/h2-3,5-6,12,14,20H,4,7-11H2,1H3,(H,24,25)/t14-/m1/s1. The van der Waals surface area contributed by atoms with Gasteiger partial charge in [-0.15, -0.1) is 11.3 Å². The van der Waals surface area contributed by atoms with E-state index in [4.69, 9.17) is 9.84 Å². The summed E-state index contributed by atoms with van der Waals surface area (Å²) in [5.74, 6) is 0.709. The first-order valence-corrected chi connectivity index (χ1v) is 10.9. The van der Waals surface area contributed by atoms with Gasteiger partial charge in [0.2, 0.25) is 5.91 Å². The first-order chi connectivity index (χ1) is 13.6. The number of ether oxygens (including phenoxy) is 1. The smallest absolute Gasteiger partial charge is 0.355 e. The number of aromatic nitrogens is 1. The molecule has 1 saturated heterocycles. The Kier molecular flexibility index (Phi) is 7.30. The highest BCUT2D eigenvalue weighted by Crippen LogP contribution is 2.25. The van der Waals surface area contributed by atoms with Crippen LogP contribution in [-0.4, -0.2) is 58.9 Å². The molecule has 0 spiro atoms. The van der Waals surface area contributed by atoms with Gasteiger partial charge in [0, 0.05) is 43.2 Å². The third-order valence-corrected chi connectivity index (χ3v) is 6.58. The number of carboxylic acids is 1. The molecule has 2 aromatic rings. The fourth-order valence-electron chi connectivity index (χ4n) is 3.09. The molecule has 1 aromatic carbocycles. The van der Waals surface area contributed by atoms with Crippen LogP contribution in [0.1, 0.15) is 28.9 Å². The predicted molar refractivity (Wildman–Crippen MR) is 109 cm³/mol. The van der Waals surface area contributed by atoms with Gasteiger partial charge >= 0.3 is 5.97 Å². The fourth-order valence-corrected chi connectivity index (χ4v) is 4.90. The molecule has 2 heterocycles. The first-order valence-electron chi connectivity index (χ1n) is 9.01. The van der Waals surface area contributed by atoms with E-state index in [0.29, 0.717) is 18.7 Å². The van der Waals surface area contributed by atoms with Gasteiger partial charge in [-0.1, -0.05) is 23.9 Å². The topological polar surface area (TPSA) is 91.8 Å². The summed E-state index contributed by atoms with van der Waals surface area (Å²) >= 11 is 2.81. The quantitative estimate of drug-likeness (QED) is 0.570. The van der Waals surface area contributed by atoms with Crippen LogP contribution in [-0.2, 0) is 11.3 Å². The van der Waals surface area contributed by atoms with E-state index in [1.807, 2.05) is 29.2 Å². The summed E-state index contributed by atoms with van der Waals surface area (Å²) in [6.45, 7) is 2.14. The molecule has 1 aliphatic rings. The second-order valence-corrected chi connectivity index (χ2v) is 8.61. The SMILES string of the molecule is COc1ccc(CNC[C@H]2CCC(=O)N2CCSc2nc(C(=O)O)cs2)cc1. The number of hydrogen-bond donors (Lipinski definition) is 2. The lowest BCUT2D eigenvalue weighted by Gasteiger charge is -2.25. The third kappa shape index (κ3) is 5.46. The number of benzene rings is 1. The number of carboxylic acid groups (broad SMARTS) is 1. The van der Waals surface area contributed by atoms with Crippen molar-refractivity contribution in [3.05, 3.63) is 40.9 Å². The number of likely N-dealkylation sites (tertiary alicyclic amines) is 1. The number of thiazole rings is 1. The van der Waals surface area contributed by atoms with Crippen molar-refractivity contribution in [2.75, 3.05) is 26.0 Å². The molecule has 9 heteroatoms. The summed E-state index contributed by atoms with van der Waals surface area (Å²) in [5.41, 5.74) is 1.25. The molecule has 0 saturated carbocycles. The number of carbonyl (C=O) groups excluding carboxylic acids is 1. The Balaban J connectivity index is 1.43. The number of rotatable bonds is 10. The molecule has 1 atom stereocenters. The average Bonchev–Trinajstić information content (AvgIpc) is 3.30. The minimum atomic E-state index is -1.01. The van der Waals surface area contributed by atoms with Gasteiger partial charge in [-0.05, 0) is 24.1 Å². The summed E-state index contributed by atoms with van der Waals surface area (Å²) < 4.78 is 5.88. The lowest BCUT2D eigenvalue weighted by Crippen LogP contribution is -2.41. The maximum Gasteiger partial charge on any atom is 0.355 e. The molecular formula is C19H23N3O4S2. The maximum absolute atomic E-state index is 12.2. The molecule has 1 aliphatic heterocycles. The number of thioether (sulfide) groups is 1. The van der Waals surface area contributed by atoms with Crippen LogP contribution in [0.5, 0.6) is 5.75 Å². The highest BCUT2D eigenvalue weighted by molar-refractivity contribution is 8.01. The minimum Gasteiger partial charge on any atom is -0.497 e. The van der Waals surface area contributed by atoms with E-state index < -0.39 is 5.97 Å². The highest BCUT2D eigenvalue weighted by atomic mass is 32.2. The molecule has 1 fully saturated rings. The number of amides is 1. The lowest BCUT2D eigenvalue weighted by atomic mass is 10.2. The molecule has 1 aromatic heterocycles. The number of nitrogens with zero attached hydrogens (tertiary/aromatic N) is 2. The van der Waals surface area contributed by atoms with E-state index in [9.17, 15) is 9.59 Å². The average molecular weight is 422 g/mol. The van der Waals surface area contributed by atoms with E-state index >= 15 is 0 Å². The predicted octanol–water partition coefficient (Wildman–Crippen LogP) is 2.72. The third-order valence-electron chi connectivity index (χ3n) is 4.58. The number of aromatic carboxylic acids is 1. The summed E-state index contributed by atoms with van der Waals surface area (Å²) in [6, 6.07) is 8.12. The zero-order valence-corrected chi connectivity index (χ0v) is 17.2. The van der Waals surface area contributed by atoms with Gasteiger partial charge in [0.1, 0.15) is 5.75 Å². The van der Waals surface area contributed by atoms with Crippen molar-refractivity contribution in [2.45, 2.75) is 29.8 Å². The van der Waals surface area contributed by atoms with Crippen molar-refractivity contribution in [3.63, 3.8) is 0 Å². The van der Waals surface area contributed by atoms with E-state index in [1.165, 1.54) is 34.0 Å². The van der Waals surface area contributed by atoms with Gasteiger partial charge in [-0.25, -0.2) is 9.78 Å². The van der Waals surface area contributed by atoms with Gasteiger partial charge in [0.15, 0.2) is 10.0 Å². The largest absolute Gasteiger partial charge is 0.497 e. The molecule has 0 aliphatic carbocycles. The van der Waals surface area contributed by atoms with Crippen molar-refractivity contribution in [2.24, 2.45) is 0 Å². The summed E-state index contributed by atoms with van der Waals surface area (Å²) in [6.07, 6.45) is 1.44. The van der Waals surface area contributed by atoms with Crippen LogP contribution in [0.2, 0.25) is 0 Å². The molecular weight excluding hydrogens is 398 g/mol. The molecule has 7 nitrogen and oxygen atoms in total. The van der Waals surface area contributed by atoms with Gasteiger partial charge in [0.25, 0.3) is 0 Å². The second-order valence-electron chi connectivity index (χ2n) is 6.41. The first kappa shape index (κ1) is 20.6. The molecule has 1 amide bonds. The van der Waals surface area contributed by atoms with E-state index in [2.05, 4.69) is 10.3 Å². The van der Waals surface area contributed by atoms with Crippen LogP contribution in [0.4, 0.5) is 0 Å². The Morgan fingerprint density at radius 2 is 2.21 bits per heavy atom. The summed E-state index contributed by atoms with van der Waals surface area (Å²) in [4.78, 5) is 29.1. The van der Waals surface area contributed by atoms with Gasteiger partial charge in [-0.3, -0.25) is 4.79 Å². The summed E-state index contributed by atoms with van der Waals surface area (Å²) in [5, 5.41) is 13.9. The second kappa shape index (κ2) is 9.90. The van der Waals surface area contributed by atoms with Crippen LogP contribution < -0.4 is 10.1 Å². The molecule has 0 bridgehead atoms. The zero-order chi connectivity index (χ0) is 19.9. The monoisotopic (exact) mass is 421 g/mol. The molecule has 3 rings (SSSR count). The van der Waals surface area contributed by atoms with Gasteiger partial charge < -0.3 is 20.1 Å². The van der Waals surface area contributed by atoms with E-state index in [1.54, 1.807) is 7.11 Å². The molecule has 2 N–H and O–H groups in total. The maximum atomic E-state index is 12.2. The number of carbonyl (C=O) groups is 2. The van der Waals surface area contributed by atoms with Crippen LogP contribution in [0.25, 0.3) is 0 Å². The Bertz CT molecular complexity index is 810. The Hall–Kier alpha value is -2.10. The Labute approximate surface area is 172 Å². The Morgan fingerprint density at radius 1 is 1.43 bits per heavy atom. The van der Waals surface area contributed by atoms with Gasteiger partial charge in [-0.2, -0.15) is 0 Å². The molecule has 0 unspecified atom stereocenters. The normalized spacial score (nSPS) is 16.5. The minimum absolute atomic E-state index is 0.0744. The molecule has 150 valence electrons. The Morgan fingerprint density at radius 3 is 2.89 bits per heavy atom. The van der Waals surface area contributed by atoms with Crippen molar-refractivity contribution in [1.29, 1.82) is 0 Å². The number of methoxy groups -OCH3 is 1. The van der Waals surface area contributed by atoms with Crippen LogP contribution in [0, 0.1) is 0 Å². The van der Waals surface area contributed by atoms with Crippen LogP contribution in [0.3, 0.4) is 0 Å². The van der Waals surface area contributed by atoms with Crippen molar-refractivity contribution in [3.8, 4) is 5.75 Å². The lowest BCUT2D eigenvalue weighted by molar-refractivity contribution is -0.128. The van der Waals surface area contributed by atoms with E-state index in [0.717, 1.165) is 29.6 Å². The zero-order valence-electron chi connectivity index (χ0n) is 15.6. The molecule has 28 heavy (non-hydrogen) atoms. The summed E-state index contributed by atoms with van der Waals surface area (Å²) in [7, 11) is 1.65. The van der Waals surface area contributed by atoms with Gasteiger partial charge in [0.05, 0.1) is 7.11 Å². The van der Waals surface area contributed by atoms with Crippen molar-refractivity contribution >= 4 is 35.0 Å². The number of hydrogen-bond acceptors (Lipinski definition) is 7. The number of nitrogens with one attached hydrogen (secondary N) is 1. The van der Waals surface area contributed by atoms with E-state index in [-0.39, 0.29) is 17.6 Å². The van der Waals surface area contributed by atoms with Crippen LogP contribution >= 0.6 is 23.1 Å². The fraction of sp³-hybridized carbons (Fsp3) is 0.421. The van der Waals surface area contributed by atoms with Crippen LogP contribution in [0.15, 0.2) is 34.0 Å². The molecule has 0 radical (unpaired) electrons.